The Hall–Kier alpha value is -2.63. The number of benzene rings is 1. The van der Waals surface area contributed by atoms with E-state index in [1.165, 1.54) is 0 Å². The Morgan fingerprint density at radius 1 is 1.20 bits per heavy atom. The van der Waals surface area contributed by atoms with Gasteiger partial charge in [-0.05, 0) is 24.3 Å². The van der Waals surface area contributed by atoms with Crippen molar-refractivity contribution in [2.75, 3.05) is 13.1 Å². The summed E-state index contributed by atoms with van der Waals surface area (Å²) in [5.41, 5.74) is 1.77. The lowest BCUT2D eigenvalue weighted by Crippen LogP contribution is -2.51. The highest BCUT2D eigenvalue weighted by molar-refractivity contribution is 5.98. The Bertz CT molecular complexity index is 755. The van der Waals surface area contributed by atoms with E-state index in [0.717, 1.165) is 16.5 Å². The lowest BCUT2D eigenvalue weighted by atomic mass is 10.1. The van der Waals surface area contributed by atoms with E-state index in [-0.39, 0.29) is 11.9 Å². The van der Waals surface area contributed by atoms with Crippen LogP contribution >= 0.6 is 0 Å². The molecule has 1 aliphatic rings. The maximum Gasteiger partial charge on any atom is 0.254 e. The molecule has 0 bridgehead atoms. The largest absolute Gasteiger partial charge is 0.361 e. The van der Waals surface area contributed by atoms with Crippen molar-refractivity contribution in [3.63, 3.8) is 0 Å². The second kappa shape index (κ2) is 4.19. The second-order valence-corrected chi connectivity index (χ2v) is 4.99. The summed E-state index contributed by atoms with van der Waals surface area (Å²) in [4.78, 5) is 19.0. The van der Waals surface area contributed by atoms with Crippen LogP contribution in [0.5, 0.6) is 0 Å². The van der Waals surface area contributed by atoms with Crippen LogP contribution in [0.3, 0.4) is 0 Å². The van der Waals surface area contributed by atoms with Gasteiger partial charge in [0.1, 0.15) is 6.04 Å². The van der Waals surface area contributed by atoms with Crippen LogP contribution in [0, 0.1) is 0 Å². The first-order valence-corrected chi connectivity index (χ1v) is 6.53. The van der Waals surface area contributed by atoms with E-state index < -0.39 is 0 Å². The smallest absolute Gasteiger partial charge is 0.254 e. The van der Waals surface area contributed by atoms with Crippen LogP contribution in [0.1, 0.15) is 16.4 Å². The number of carbonyl (C=O) groups is 1. The summed E-state index contributed by atoms with van der Waals surface area (Å²) in [5.74, 6) is 0.0662. The summed E-state index contributed by atoms with van der Waals surface area (Å²) in [7, 11) is 0. The predicted molar refractivity (Wildman–Crippen MR) is 73.3 cm³/mol. The molecule has 1 aliphatic heterocycles. The molecule has 0 spiro atoms. The Morgan fingerprint density at radius 2 is 2.00 bits per heavy atom. The van der Waals surface area contributed by atoms with Gasteiger partial charge >= 0.3 is 0 Å². The first-order valence-electron chi connectivity index (χ1n) is 6.53. The molecule has 0 saturated carbocycles. The fraction of sp³-hybridized carbons (Fsp3) is 0.214. The van der Waals surface area contributed by atoms with E-state index in [4.69, 9.17) is 0 Å². The molecular formula is C14H13N5O. The number of aromatic amines is 1. The summed E-state index contributed by atoms with van der Waals surface area (Å²) < 4.78 is 0. The summed E-state index contributed by atoms with van der Waals surface area (Å²) in [6, 6.07) is 7.90. The van der Waals surface area contributed by atoms with Gasteiger partial charge in [0.25, 0.3) is 5.91 Å². The van der Waals surface area contributed by atoms with Crippen molar-refractivity contribution in [2.45, 2.75) is 6.04 Å². The van der Waals surface area contributed by atoms with Gasteiger partial charge in [0.2, 0.25) is 0 Å². The summed E-state index contributed by atoms with van der Waals surface area (Å²) in [5, 5.41) is 9.26. The fourth-order valence-electron chi connectivity index (χ4n) is 2.55. The third-order valence-corrected chi connectivity index (χ3v) is 3.71. The molecule has 3 aromatic rings. The number of fused-ring (bicyclic) bond motifs is 1. The van der Waals surface area contributed by atoms with E-state index >= 15 is 0 Å². The molecular weight excluding hydrogens is 254 g/mol. The summed E-state index contributed by atoms with van der Waals surface area (Å²) >= 11 is 0. The maximum absolute atomic E-state index is 12.4. The molecule has 6 nitrogen and oxygen atoms in total. The highest BCUT2D eigenvalue weighted by Crippen LogP contribution is 2.23. The van der Waals surface area contributed by atoms with Gasteiger partial charge < -0.3 is 9.88 Å². The highest BCUT2D eigenvalue weighted by Gasteiger charge is 2.33. The zero-order valence-corrected chi connectivity index (χ0v) is 10.7. The SMILES string of the molecule is O=C(c1ccc2[nH]ccc2c1)N1CC(n2nccn2)C1. The van der Waals surface area contributed by atoms with Gasteiger partial charge in [-0.3, -0.25) is 4.79 Å². The molecule has 20 heavy (non-hydrogen) atoms. The van der Waals surface area contributed by atoms with Crippen molar-refractivity contribution < 1.29 is 4.79 Å². The molecule has 1 amide bonds. The molecule has 2 aromatic heterocycles. The molecule has 0 atom stereocenters. The van der Waals surface area contributed by atoms with E-state index in [0.29, 0.717) is 13.1 Å². The molecule has 100 valence electrons. The van der Waals surface area contributed by atoms with Crippen LogP contribution in [0.25, 0.3) is 10.9 Å². The van der Waals surface area contributed by atoms with Gasteiger partial charge in [0.15, 0.2) is 0 Å². The zero-order chi connectivity index (χ0) is 13.5. The molecule has 1 saturated heterocycles. The van der Waals surface area contributed by atoms with Crippen molar-refractivity contribution >= 4 is 16.8 Å². The number of likely N-dealkylation sites (tertiary alicyclic amines) is 1. The molecule has 6 heteroatoms. The fourth-order valence-corrected chi connectivity index (χ4v) is 2.55. The van der Waals surface area contributed by atoms with Crippen LogP contribution in [0.4, 0.5) is 0 Å². The van der Waals surface area contributed by atoms with Crippen molar-refractivity contribution in [2.24, 2.45) is 0 Å². The summed E-state index contributed by atoms with van der Waals surface area (Å²) in [6.07, 6.45) is 5.19. The van der Waals surface area contributed by atoms with Gasteiger partial charge in [-0.15, -0.1) is 0 Å². The first kappa shape index (κ1) is 11.2. The average Bonchev–Trinajstić information content (AvgIpc) is 3.06. The third-order valence-electron chi connectivity index (χ3n) is 3.71. The molecule has 4 rings (SSSR count). The lowest BCUT2D eigenvalue weighted by Gasteiger charge is -2.38. The van der Waals surface area contributed by atoms with Crippen LogP contribution < -0.4 is 0 Å². The van der Waals surface area contributed by atoms with Crippen molar-refractivity contribution in [3.05, 3.63) is 48.4 Å². The zero-order valence-electron chi connectivity index (χ0n) is 10.7. The minimum atomic E-state index is 0.0662. The normalized spacial score (nSPS) is 15.5. The average molecular weight is 267 g/mol. The summed E-state index contributed by atoms with van der Waals surface area (Å²) in [6.45, 7) is 1.33. The Kier molecular flexibility index (Phi) is 2.35. The number of hydrogen-bond acceptors (Lipinski definition) is 3. The molecule has 0 unspecified atom stereocenters. The number of amides is 1. The predicted octanol–water partition coefficient (Wildman–Crippen LogP) is 1.46. The topological polar surface area (TPSA) is 66.8 Å². The van der Waals surface area contributed by atoms with Crippen LogP contribution in [0.2, 0.25) is 0 Å². The molecule has 0 radical (unpaired) electrons. The van der Waals surface area contributed by atoms with E-state index in [1.807, 2.05) is 35.4 Å². The van der Waals surface area contributed by atoms with Crippen molar-refractivity contribution in [1.29, 1.82) is 0 Å². The van der Waals surface area contributed by atoms with Gasteiger partial charge in [0.05, 0.1) is 12.4 Å². The van der Waals surface area contributed by atoms with Crippen molar-refractivity contribution in [1.82, 2.24) is 24.9 Å². The third kappa shape index (κ3) is 1.69. The first-order chi connectivity index (χ1) is 9.81. The van der Waals surface area contributed by atoms with Crippen LogP contribution in [-0.4, -0.2) is 43.9 Å². The number of rotatable bonds is 2. The van der Waals surface area contributed by atoms with Crippen molar-refractivity contribution in [3.8, 4) is 0 Å². The highest BCUT2D eigenvalue weighted by atomic mass is 16.2. The number of aromatic nitrogens is 4. The van der Waals surface area contributed by atoms with Gasteiger partial charge in [0, 0.05) is 35.8 Å². The van der Waals surface area contributed by atoms with E-state index in [9.17, 15) is 4.79 Å². The van der Waals surface area contributed by atoms with Gasteiger partial charge in [-0.25, -0.2) is 0 Å². The van der Waals surface area contributed by atoms with Gasteiger partial charge in [-0.1, -0.05) is 0 Å². The molecule has 1 N–H and O–H groups in total. The quantitative estimate of drug-likeness (QED) is 0.764. The number of nitrogens with one attached hydrogen (secondary N) is 1. The lowest BCUT2D eigenvalue weighted by molar-refractivity contribution is 0.0476. The number of H-pyrrole nitrogens is 1. The second-order valence-electron chi connectivity index (χ2n) is 4.99. The molecule has 1 aromatic carbocycles. The monoisotopic (exact) mass is 267 g/mol. The van der Waals surface area contributed by atoms with E-state index in [2.05, 4.69) is 15.2 Å². The Balaban J connectivity index is 1.51. The van der Waals surface area contributed by atoms with E-state index in [1.54, 1.807) is 17.2 Å². The number of carbonyl (C=O) groups excluding carboxylic acids is 1. The minimum absolute atomic E-state index is 0.0662. The number of nitrogens with zero attached hydrogens (tertiary/aromatic N) is 4. The minimum Gasteiger partial charge on any atom is -0.361 e. The molecule has 0 aliphatic carbocycles. The van der Waals surface area contributed by atoms with Crippen LogP contribution in [-0.2, 0) is 0 Å². The Morgan fingerprint density at radius 3 is 2.80 bits per heavy atom. The van der Waals surface area contributed by atoms with Gasteiger partial charge in [-0.2, -0.15) is 15.0 Å². The maximum atomic E-state index is 12.4. The number of hydrogen-bond donors (Lipinski definition) is 1. The standard InChI is InChI=1S/C14H13N5O/c20-14(11-1-2-13-10(7-11)3-4-15-13)18-8-12(9-18)19-16-5-6-17-19/h1-7,12,15H,8-9H2. The molecule has 1 fully saturated rings. The molecule has 3 heterocycles. The Labute approximate surface area is 115 Å². The van der Waals surface area contributed by atoms with Crippen LogP contribution in [0.15, 0.2) is 42.9 Å².